The molecule has 2 atom stereocenters. The second kappa shape index (κ2) is 2.27. The lowest BCUT2D eigenvalue weighted by atomic mass is 10.1. The summed E-state index contributed by atoms with van der Waals surface area (Å²) in [4.78, 5) is 0. The van der Waals surface area contributed by atoms with E-state index in [0.29, 0.717) is 0 Å². The van der Waals surface area contributed by atoms with Crippen LogP contribution >= 0.6 is 0 Å². The molecular formula is C7H13N2. The van der Waals surface area contributed by atoms with Crippen molar-refractivity contribution in [3.63, 3.8) is 0 Å². The molecule has 0 saturated carbocycles. The molecule has 2 fully saturated rings. The highest BCUT2D eigenvalue weighted by molar-refractivity contribution is 4.87. The van der Waals surface area contributed by atoms with Crippen LogP contribution in [-0.4, -0.2) is 25.2 Å². The Morgan fingerprint density at radius 1 is 1.11 bits per heavy atom. The van der Waals surface area contributed by atoms with Gasteiger partial charge in [0.2, 0.25) is 0 Å². The Bertz CT molecular complexity index is 91.1. The summed E-state index contributed by atoms with van der Waals surface area (Å²) in [7, 11) is 0. The van der Waals surface area contributed by atoms with E-state index in [1.807, 2.05) is 0 Å². The van der Waals surface area contributed by atoms with Gasteiger partial charge in [-0.25, -0.2) is 5.32 Å². The minimum Gasteiger partial charge on any atom is -0.310 e. The second-order valence-electron chi connectivity index (χ2n) is 3.06. The normalized spacial score (nSPS) is 42.7. The lowest BCUT2D eigenvalue weighted by Gasteiger charge is -2.05. The van der Waals surface area contributed by atoms with Crippen LogP contribution in [0.1, 0.15) is 19.3 Å². The van der Waals surface area contributed by atoms with Crippen molar-refractivity contribution >= 4 is 0 Å². The van der Waals surface area contributed by atoms with Crippen molar-refractivity contribution in [2.24, 2.45) is 0 Å². The van der Waals surface area contributed by atoms with Crippen molar-refractivity contribution in [3.8, 4) is 0 Å². The highest BCUT2D eigenvalue weighted by Crippen LogP contribution is 2.16. The van der Waals surface area contributed by atoms with Crippen LogP contribution in [0.25, 0.3) is 0 Å². The third kappa shape index (κ3) is 1.10. The molecular weight excluding hydrogens is 112 g/mol. The number of rotatable bonds is 0. The molecule has 2 unspecified atom stereocenters. The molecule has 2 rings (SSSR count). The van der Waals surface area contributed by atoms with Crippen molar-refractivity contribution < 1.29 is 0 Å². The van der Waals surface area contributed by atoms with Crippen LogP contribution in [-0.2, 0) is 0 Å². The number of hydrogen-bond donors (Lipinski definition) is 1. The van der Waals surface area contributed by atoms with E-state index in [4.69, 9.17) is 0 Å². The number of nitrogens with one attached hydrogen (secondary N) is 1. The first kappa shape index (κ1) is 5.69. The molecule has 2 aliphatic heterocycles. The Kier molecular flexibility index (Phi) is 1.44. The van der Waals surface area contributed by atoms with Gasteiger partial charge in [-0.2, -0.15) is 0 Å². The predicted octanol–water partition coefficient (Wildman–Crippen LogP) is 0.115. The standard InChI is InChI=1S/C7H13N2/c1-2-7-5-8-4-3-6(1)9-7/h6-7,9H,1-5H2. The summed E-state index contributed by atoms with van der Waals surface area (Å²) >= 11 is 0. The van der Waals surface area contributed by atoms with E-state index in [-0.39, 0.29) is 0 Å². The molecule has 2 saturated heterocycles. The Morgan fingerprint density at radius 2 is 2.00 bits per heavy atom. The fraction of sp³-hybridized carbons (Fsp3) is 1.00. The molecule has 0 aliphatic carbocycles. The Balaban J connectivity index is 1.99. The zero-order chi connectivity index (χ0) is 6.10. The number of hydrogen-bond acceptors (Lipinski definition) is 1. The zero-order valence-corrected chi connectivity index (χ0v) is 5.64. The van der Waals surface area contributed by atoms with Gasteiger partial charge in [0.1, 0.15) is 0 Å². The van der Waals surface area contributed by atoms with Crippen LogP contribution in [0.15, 0.2) is 0 Å². The van der Waals surface area contributed by atoms with Crippen LogP contribution in [0.4, 0.5) is 0 Å². The summed E-state index contributed by atoms with van der Waals surface area (Å²) < 4.78 is 0. The van der Waals surface area contributed by atoms with Gasteiger partial charge in [-0.3, -0.25) is 0 Å². The maximum atomic E-state index is 4.39. The quantitative estimate of drug-likeness (QED) is 0.489. The molecule has 9 heavy (non-hydrogen) atoms. The summed E-state index contributed by atoms with van der Waals surface area (Å²) in [5.74, 6) is 0. The van der Waals surface area contributed by atoms with E-state index in [9.17, 15) is 0 Å². The van der Waals surface area contributed by atoms with Crippen LogP contribution in [0.2, 0.25) is 0 Å². The third-order valence-corrected chi connectivity index (χ3v) is 2.32. The Morgan fingerprint density at radius 3 is 3.00 bits per heavy atom. The van der Waals surface area contributed by atoms with E-state index >= 15 is 0 Å². The van der Waals surface area contributed by atoms with Gasteiger partial charge in [0.25, 0.3) is 0 Å². The lowest BCUT2D eigenvalue weighted by Crippen LogP contribution is -2.30. The van der Waals surface area contributed by atoms with Crippen LogP contribution in [0.5, 0.6) is 0 Å². The van der Waals surface area contributed by atoms with Crippen molar-refractivity contribution in [1.29, 1.82) is 0 Å². The lowest BCUT2D eigenvalue weighted by molar-refractivity contribution is 0.559. The fourth-order valence-electron chi connectivity index (χ4n) is 1.77. The van der Waals surface area contributed by atoms with Crippen molar-refractivity contribution in [3.05, 3.63) is 0 Å². The molecule has 2 nitrogen and oxygen atoms in total. The summed E-state index contributed by atoms with van der Waals surface area (Å²) in [6, 6.07) is 1.54. The van der Waals surface area contributed by atoms with E-state index in [2.05, 4.69) is 10.6 Å². The largest absolute Gasteiger partial charge is 0.310 e. The first-order valence-electron chi connectivity index (χ1n) is 3.84. The first-order chi connectivity index (χ1) is 4.45. The van der Waals surface area contributed by atoms with E-state index < -0.39 is 0 Å². The van der Waals surface area contributed by atoms with Gasteiger partial charge < -0.3 is 5.32 Å². The summed E-state index contributed by atoms with van der Waals surface area (Å²) in [6.07, 6.45) is 4.02. The average Bonchev–Trinajstić information content (AvgIpc) is 2.09. The molecule has 51 valence electrons. The molecule has 0 aromatic carbocycles. The van der Waals surface area contributed by atoms with Gasteiger partial charge in [0, 0.05) is 25.2 Å². The Labute approximate surface area is 56.0 Å². The predicted molar refractivity (Wildman–Crippen MR) is 36.4 cm³/mol. The molecule has 0 amide bonds. The highest BCUT2D eigenvalue weighted by atomic mass is 15.1. The maximum Gasteiger partial charge on any atom is 0.0287 e. The van der Waals surface area contributed by atoms with Gasteiger partial charge in [0.15, 0.2) is 0 Å². The second-order valence-corrected chi connectivity index (χ2v) is 3.06. The first-order valence-corrected chi connectivity index (χ1v) is 3.84. The van der Waals surface area contributed by atoms with Crippen molar-refractivity contribution in [1.82, 2.24) is 10.6 Å². The van der Waals surface area contributed by atoms with E-state index in [1.54, 1.807) is 0 Å². The molecule has 0 aromatic rings. The smallest absolute Gasteiger partial charge is 0.0287 e. The van der Waals surface area contributed by atoms with Crippen molar-refractivity contribution in [2.45, 2.75) is 31.3 Å². The fourth-order valence-corrected chi connectivity index (χ4v) is 1.77. The molecule has 2 aliphatic rings. The SMILES string of the molecule is C1CC2CCC(C[N]1)N2. The van der Waals surface area contributed by atoms with Crippen LogP contribution in [0.3, 0.4) is 0 Å². The minimum atomic E-state index is 0.734. The van der Waals surface area contributed by atoms with Crippen molar-refractivity contribution in [2.75, 3.05) is 13.1 Å². The topological polar surface area (TPSA) is 26.1 Å². The monoisotopic (exact) mass is 125 g/mol. The molecule has 2 bridgehead atoms. The van der Waals surface area contributed by atoms with Gasteiger partial charge in [-0.05, 0) is 19.3 Å². The Hall–Kier alpha value is -0.0800. The van der Waals surface area contributed by atoms with Gasteiger partial charge >= 0.3 is 0 Å². The summed E-state index contributed by atoms with van der Waals surface area (Å²) in [5, 5.41) is 7.95. The van der Waals surface area contributed by atoms with Crippen LogP contribution < -0.4 is 10.6 Å². The van der Waals surface area contributed by atoms with Gasteiger partial charge in [-0.15, -0.1) is 0 Å². The number of nitrogens with zero attached hydrogens (tertiary/aromatic N) is 1. The molecule has 2 heteroatoms. The maximum absolute atomic E-state index is 4.39. The van der Waals surface area contributed by atoms with E-state index in [0.717, 1.165) is 25.2 Å². The third-order valence-electron chi connectivity index (χ3n) is 2.32. The van der Waals surface area contributed by atoms with Gasteiger partial charge in [0.05, 0.1) is 0 Å². The molecule has 1 N–H and O–H groups in total. The molecule has 0 spiro atoms. The average molecular weight is 125 g/mol. The van der Waals surface area contributed by atoms with E-state index in [1.165, 1.54) is 19.3 Å². The highest BCUT2D eigenvalue weighted by Gasteiger charge is 2.25. The summed E-state index contributed by atoms with van der Waals surface area (Å²) in [5.41, 5.74) is 0. The molecule has 2 heterocycles. The van der Waals surface area contributed by atoms with Crippen LogP contribution in [0, 0.1) is 0 Å². The van der Waals surface area contributed by atoms with Gasteiger partial charge in [-0.1, -0.05) is 0 Å². The minimum absolute atomic E-state index is 0.734. The number of fused-ring (bicyclic) bond motifs is 2. The molecule has 1 radical (unpaired) electrons. The zero-order valence-electron chi connectivity index (χ0n) is 5.64. The summed E-state index contributed by atoms with van der Waals surface area (Å²) in [6.45, 7) is 2.16. The molecule has 0 aromatic heterocycles.